The van der Waals surface area contributed by atoms with Gasteiger partial charge in [-0.15, -0.1) is 11.6 Å². The summed E-state index contributed by atoms with van der Waals surface area (Å²) in [6, 6.07) is 3.14. The molecule has 2 rings (SSSR count). The Hall–Kier alpha value is -0.270. The topological polar surface area (TPSA) is 0 Å². The van der Waals surface area contributed by atoms with Crippen LogP contribution in [0.2, 0.25) is 5.02 Å². The first kappa shape index (κ1) is 12.2. The van der Waals surface area contributed by atoms with Gasteiger partial charge in [-0.1, -0.05) is 36.9 Å². The molecule has 0 aromatic heterocycles. The van der Waals surface area contributed by atoms with E-state index in [9.17, 15) is 4.39 Å². The molecule has 1 aliphatic rings. The molecule has 0 saturated heterocycles. The monoisotopic (exact) mass is 260 g/mol. The molecule has 0 spiro atoms. The number of aryl methyl sites for hydroxylation is 1. The van der Waals surface area contributed by atoms with Gasteiger partial charge in [0.15, 0.2) is 0 Å². The van der Waals surface area contributed by atoms with E-state index in [-0.39, 0.29) is 11.2 Å². The van der Waals surface area contributed by atoms with Crippen LogP contribution >= 0.6 is 23.2 Å². The lowest BCUT2D eigenvalue weighted by Crippen LogP contribution is -2.13. The Labute approximate surface area is 106 Å². The second kappa shape index (κ2) is 4.93. The van der Waals surface area contributed by atoms with Crippen LogP contribution in [0.4, 0.5) is 4.39 Å². The molecule has 0 bridgehead atoms. The summed E-state index contributed by atoms with van der Waals surface area (Å²) in [6.07, 6.45) is 4.79. The summed E-state index contributed by atoms with van der Waals surface area (Å²) in [5.41, 5.74) is 1.48. The summed E-state index contributed by atoms with van der Waals surface area (Å²) in [6.45, 7) is 1.74. The summed E-state index contributed by atoms with van der Waals surface area (Å²) < 4.78 is 13.2. The van der Waals surface area contributed by atoms with Gasteiger partial charge in [-0.2, -0.15) is 0 Å². The Morgan fingerprint density at radius 3 is 2.69 bits per heavy atom. The van der Waals surface area contributed by atoms with Crippen LogP contribution in [-0.2, 0) is 0 Å². The van der Waals surface area contributed by atoms with E-state index in [1.165, 1.54) is 25.3 Å². The lowest BCUT2D eigenvalue weighted by molar-refractivity contribution is 0.293. The first-order valence-corrected chi connectivity index (χ1v) is 6.49. The van der Waals surface area contributed by atoms with Crippen molar-refractivity contribution in [2.45, 2.75) is 38.0 Å². The quantitative estimate of drug-likeness (QED) is 0.651. The van der Waals surface area contributed by atoms with Crippen molar-refractivity contribution in [2.75, 3.05) is 0 Å². The minimum absolute atomic E-state index is 0.0860. The minimum Gasteiger partial charge on any atom is -0.207 e. The van der Waals surface area contributed by atoms with Crippen molar-refractivity contribution >= 4 is 23.2 Å². The van der Waals surface area contributed by atoms with Gasteiger partial charge in [0.25, 0.3) is 0 Å². The van der Waals surface area contributed by atoms with Crippen molar-refractivity contribution in [3.63, 3.8) is 0 Å². The molecule has 88 valence electrons. The van der Waals surface area contributed by atoms with Crippen LogP contribution in [0, 0.1) is 18.7 Å². The fraction of sp³-hybridized carbons (Fsp3) is 0.538. The third kappa shape index (κ3) is 2.52. The third-order valence-corrected chi connectivity index (χ3v) is 4.12. The van der Waals surface area contributed by atoms with Gasteiger partial charge < -0.3 is 0 Å². The van der Waals surface area contributed by atoms with Gasteiger partial charge >= 0.3 is 0 Å². The number of rotatable bonds is 3. The highest BCUT2D eigenvalue weighted by atomic mass is 35.5. The van der Waals surface area contributed by atoms with Crippen LogP contribution in [0.3, 0.4) is 0 Å². The molecule has 1 unspecified atom stereocenters. The minimum atomic E-state index is -0.263. The van der Waals surface area contributed by atoms with E-state index in [0.717, 1.165) is 17.9 Å². The van der Waals surface area contributed by atoms with E-state index in [0.29, 0.717) is 10.6 Å². The second-order valence-electron chi connectivity index (χ2n) is 4.62. The van der Waals surface area contributed by atoms with E-state index < -0.39 is 0 Å². The molecule has 1 aliphatic carbocycles. The van der Waals surface area contributed by atoms with Crippen LogP contribution in [0.25, 0.3) is 0 Å². The zero-order chi connectivity index (χ0) is 11.7. The third-order valence-electron chi connectivity index (χ3n) is 3.38. The van der Waals surface area contributed by atoms with Crippen LogP contribution < -0.4 is 0 Å². The van der Waals surface area contributed by atoms with Crippen LogP contribution in [-0.4, -0.2) is 0 Å². The van der Waals surface area contributed by atoms with Crippen molar-refractivity contribution in [3.8, 4) is 0 Å². The summed E-state index contributed by atoms with van der Waals surface area (Å²) in [5, 5.41) is 0.361. The highest BCUT2D eigenvalue weighted by molar-refractivity contribution is 6.32. The number of hydrogen-bond donors (Lipinski definition) is 0. The normalized spacial score (nSPS) is 18.2. The molecule has 0 N–H and O–H groups in total. The van der Waals surface area contributed by atoms with Crippen molar-refractivity contribution in [1.82, 2.24) is 0 Å². The van der Waals surface area contributed by atoms with Crippen LogP contribution in [0.1, 0.15) is 42.2 Å². The number of benzene rings is 1. The zero-order valence-electron chi connectivity index (χ0n) is 9.27. The standard InChI is InChI=1S/C13H15Cl2F/c1-8-5-10(12(15)7-13(8)16)11(14)6-9-3-2-4-9/h5,7,9,11H,2-4,6H2,1H3. The van der Waals surface area contributed by atoms with E-state index in [1.807, 2.05) is 0 Å². The molecule has 1 atom stereocenters. The highest BCUT2D eigenvalue weighted by Gasteiger charge is 2.23. The molecule has 3 heteroatoms. The van der Waals surface area contributed by atoms with Gasteiger partial charge in [0.2, 0.25) is 0 Å². The SMILES string of the molecule is Cc1cc(C(Cl)CC2CCC2)c(Cl)cc1F. The van der Waals surface area contributed by atoms with Gasteiger partial charge in [-0.3, -0.25) is 0 Å². The maximum atomic E-state index is 13.2. The molecule has 0 radical (unpaired) electrons. The Morgan fingerprint density at radius 1 is 1.44 bits per heavy atom. The van der Waals surface area contributed by atoms with Gasteiger partial charge in [-0.25, -0.2) is 4.39 Å². The molecular formula is C13H15Cl2F. The molecule has 0 nitrogen and oxygen atoms in total. The summed E-state index contributed by atoms with van der Waals surface area (Å²) in [5.74, 6) is 0.463. The molecule has 1 aromatic carbocycles. The van der Waals surface area contributed by atoms with Gasteiger partial charge in [0.05, 0.1) is 5.38 Å². The predicted molar refractivity (Wildman–Crippen MR) is 66.7 cm³/mol. The summed E-state index contributed by atoms with van der Waals surface area (Å²) in [7, 11) is 0. The van der Waals surface area contributed by atoms with Gasteiger partial charge in [0, 0.05) is 5.02 Å². The van der Waals surface area contributed by atoms with Crippen molar-refractivity contribution < 1.29 is 4.39 Å². The lowest BCUT2D eigenvalue weighted by atomic mass is 9.81. The van der Waals surface area contributed by atoms with Gasteiger partial charge in [-0.05, 0) is 36.5 Å². The molecule has 0 heterocycles. The predicted octanol–water partition coefficient (Wildman–Crippen LogP) is 5.26. The van der Waals surface area contributed by atoms with Gasteiger partial charge in [0.1, 0.15) is 5.82 Å². The molecule has 1 saturated carbocycles. The molecule has 1 fully saturated rings. The number of halogens is 3. The average Bonchev–Trinajstić information content (AvgIpc) is 2.17. The first-order chi connectivity index (χ1) is 7.58. The van der Waals surface area contributed by atoms with Crippen LogP contribution in [0.15, 0.2) is 12.1 Å². The molecule has 0 amide bonds. The molecule has 0 aliphatic heterocycles. The fourth-order valence-corrected chi connectivity index (χ4v) is 2.84. The largest absolute Gasteiger partial charge is 0.207 e. The molecule has 1 aromatic rings. The molecule has 16 heavy (non-hydrogen) atoms. The Kier molecular flexibility index (Phi) is 3.76. The van der Waals surface area contributed by atoms with Crippen molar-refractivity contribution in [1.29, 1.82) is 0 Å². The van der Waals surface area contributed by atoms with E-state index in [2.05, 4.69) is 0 Å². The van der Waals surface area contributed by atoms with Crippen LogP contribution in [0.5, 0.6) is 0 Å². The van der Waals surface area contributed by atoms with E-state index in [1.54, 1.807) is 13.0 Å². The number of alkyl halides is 1. The second-order valence-corrected chi connectivity index (χ2v) is 5.56. The van der Waals surface area contributed by atoms with E-state index in [4.69, 9.17) is 23.2 Å². The lowest BCUT2D eigenvalue weighted by Gasteiger charge is -2.27. The maximum absolute atomic E-state index is 13.2. The Balaban J connectivity index is 2.14. The average molecular weight is 261 g/mol. The fourth-order valence-electron chi connectivity index (χ4n) is 2.07. The smallest absolute Gasteiger partial charge is 0.127 e. The summed E-state index contributed by atoms with van der Waals surface area (Å²) in [4.78, 5) is 0. The Morgan fingerprint density at radius 2 is 2.12 bits per heavy atom. The first-order valence-electron chi connectivity index (χ1n) is 5.67. The highest BCUT2D eigenvalue weighted by Crippen LogP contribution is 2.40. The number of hydrogen-bond acceptors (Lipinski definition) is 0. The Bertz CT molecular complexity index is 386. The van der Waals surface area contributed by atoms with Crippen molar-refractivity contribution in [3.05, 3.63) is 34.1 Å². The molecular weight excluding hydrogens is 246 g/mol. The maximum Gasteiger partial charge on any atom is 0.127 e. The zero-order valence-corrected chi connectivity index (χ0v) is 10.8. The van der Waals surface area contributed by atoms with Crippen molar-refractivity contribution in [2.24, 2.45) is 5.92 Å². The summed E-state index contributed by atoms with van der Waals surface area (Å²) >= 11 is 12.4. The van der Waals surface area contributed by atoms with E-state index >= 15 is 0 Å².